The van der Waals surface area contributed by atoms with Crippen LogP contribution in [0.25, 0.3) is 11.4 Å². The van der Waals surface area contributed by atoms with Gasteiger partial charge in [-0.3, -0.25) is 9.78 Å². The van der Waals surface area contributed by atoms with Gasteiger partial charge >= 0.3 is 6.18 Å². The van der Waals surface area contributed by atoms with E-state index in [1.165, 1.54) is 24.5 Å². The summed E-state index contributed by atoms with van der Waals surface area (Å²) in [6.45, 7) is 0. The number of nitrogens with zero attached hydrogens (tertiary/aromatic N) is 3. The number of carbonyl (C=O) groups excluding carboxylic acids is 1. The molecule has 2 N–H and O–H groups in total. The third kappa shape index (κ3) is 4.68. The molecule has 0 radical (unpaired) electrons. The molecule has 0 saturated heterocycles. The van der Waals surface area contributed by atoms with Crippen LogP contribution in [-0.4, -0.2) is 20.9 Å². The molecular formula is C20H16F3N5O. The lowest BCUT2D eigenvalue weighted by Gasteiger charge is -2.13. The Labute approximate surface area is 164 Å². The summed E-state index contributed by atoms with van der Waals surface area (Å²) in [6.07, 6.45) is 0.0445. The second-order valence-electron chi connectivity index (χ2n) is 6.67. The molecule has 9 heteroatoms. The number of nitrogens with one attached hydrogen (secondary N) is 2. The van der Waals surface area contributed by atoms with Gasteiger partial charge < -0.3 is 10.6 Å². The SMILES string of the molecule is O=C(Nc1cccc(Nc2cc(C(F)(F)F)nc(-c3ccncc3)n2)c1)C1CC1. The molecule has 1 aliphatic carbocycles. The molecule has 0 bridgehead atoms. The highest BCUT2D eigenvalue weighted by molar-refractivity contribution is 5.94. The molecule has 3 aromatic rings. The van der Waals surface area contributed by atoms with Crippen molar-refractivity contribution in [3.63, 3.8) is 0 Å². The number of halogens is 3. The molecule has 0 spiro atoms. The minimum absolute atomic E-state index is 0.00944. The van der Waals surface area contributed by atoms with Crippen molar-refractivity contribution in [1.29, 1.82) is 0 Å². The van der Waals surface area contributed by atoms with Crippen LogP contribution >= 0.6 is 0 Å². The quantitative estimate of drug-likeness (QED) is 0.653. The van der Waals surface area contributed by atoms with Gasteiger partial charge in [0.05, 0.1) is 0 Å². The van der Waals surface area contributed by atoms with Crippen LogP contribution in [0.15, 0.2) is 54.9 Å². The van der Waals surface area contributed by atoms with Crippen LogP contribution in [-0.2, 0) is 11.0 Å². The summed E-state index contributed by atoms with van der Waals surface area (Å²) in [5, 5.41) is 5.67. The monoisotopic (exact) mass is 399 g/mol. The molecular weight excluding hydrogens is 383 g/mol. The van der Waals surface area contributed by atoms with E-state index in [4.69, 9.17) is 0 Å². The van der Waals surface area contributed by atoms with Gasteiger partial charge in [0.2, 0.25) is 5.91 Å². The fourth-order valence-corrected chi connectivity index (χ4v) is 2.70. The number of alkyl halides is 3. The molecule has 2 aromatic heterocycles. The van der Waals surface area contributed by atoms with E-state index in [1.54, 1.807) is 24.3 Å². The van der Waals surface area contributed by atoms with E-state index in [1.807, 2.05) is 0 Å². The van der Waals surface area contributed by atoms with Crippen LogP contribution in [0.4, 0.5) is 30.4 Å². The topological polar surface area (TPSA) is 79.8 Å². The van der Waals surface area contributed by atoms with E-state index < -0.39 is 11.9 Å². The third-order valence-electron chi connectivity index (χ3n) is 4.31. The van der Waals surface area contributed by atoms with Crippen LogP contribution < -0.4 is 10.6 Å². The van der Waals surface area contributed by atoms with Crippen LogP contribution in [0.3, 0.4) is 0 Å². The highest BCUT2D eigenvalue weighted by Gasteiger charge is 2.34. The standard InChI is InChI=1S/C20H16F3N5O/c21-20(22,23)16-11-17(28-18(27-16)12-6-8-24-9-7-12)25-14-2-1-3-15(10-14)26-19(29)13-4-5-13/h1-3,6-11,13H,4-5H2,(H,26,29)(H,25,27,28). The zero-order chi connectivity index (χ0) is 20.4. The Kier molecular flexibility index (Phi) is 4.87. The Hall–Kier alpha value is -3.49. The fourth-order valence-electron chi connectivity index (χ4n) is 2.70. The van der Waals surface area contributed by atoms with Gasteiger partial charge in [-0.05, 0) is 43.2 Å². The molecule has 148 valence electrons. The number of hydrogen-bond acceptors (Lipinski definition) is 5. The van der Waals surface area contributed by atoms with Gasteiger partial charge in [-0.25, -0.2) is 9.97 Å². The van der Waals surface area contributed by atoms with Crippen molar-refractivity contribution in [2.75, 3.05) is 10.6 Å². The third-order valence-corrected chi connectivity index (χ3v) is 4.31. The second kappa shape index (κ2) is 7.50. The van der Waals surface area contributed by atoms with Crippen molar-refractivity contribution in [2.24, 2.45) is 5.92 Å². The first-order valence-corrected chi connectivity index (χ1v) is 8.93. The molecule has 1 amide bonds. The number of hydrogen-bond donors (Lipinski definition) is 2. The molecule has 1 fully saturated rings. The lowest BCUT2D eigenvalue weighted by Crippen LogP contribution is -2.13. The average molecular weight is 399 g/mol. The Morgan fingerprint density at radius 1 is 1.00 bits per heavy atom. The number of anilines is 3. The van der Waals surface area contributed by atoms with Crippen molar-refractivity contribution in [2.45, 2.75) is 19.0 Å². The summed E-state index contributed by atoms with van der Waals surface area (Å²) >= 11 is 0. The van der Waals surface area contributed by atoms with E-state index in [-0.39, 0.29) is 23.5 Å². The molecule has 2 heterocycles. The first-order valence-electron chi connectivity index (χ1n) is 8.93. The van der Waals surface area contributed by atoms with E-state index in [0.29, 0.717) is 16.9 Å². The van der Waals surface area contributed by atoms with Crippen molar-refractivity contribution in [3.8, 4) is 11.4 Å². The van der Waals surface area contributed by atoms with E-state index in [2.05, 4.69) is 25.6 Å². The highest BCUT2D eigenvalue weighted by atomic mass is 19.4. The summed E-state index contributed by atoms with van der Waals surface area (Å²) < 4.78 is 39.9. The molecule has 0 atom stereocenters. The van der Waals surface area contributed by atoms with Gasteiger partial charge in [0.25, 0.3) is 0 Å². The van der Waals surface area contributed by atoms with Gasteiger partial charge in [-0.1, -0.05) is 6.07 Å². The number of rotatable bonds is 5. The maximum absolute atomic E-state index is 13.3. The zero-order valence-corrected chi connectivity index (χ0v) is 15.1. The molecule has 6 nitrogen and oxygen atoms in total. The van der Waals surface area contributed by atoms with Crippen molar-refractivity contribution < 1.29 is 18.0 Å². The minimum atomic E-state index is -4.62. The number of amides is 1. The summed E-state index contributed by atoms with van der Waals surface area (Å²) in [7, 11) is 0. The zero-order valence-electron chi connectivity index (χ0n) is 15.1. The molecule has 0 unspecified atom stereocenters. The van der Waals surface area contributed by atoms with Gasteiger partial charge in [0, 0.05) is 41.3 Å². The van der Waals surface area contributed by atoms with Crippen molar-refractivity contribution in [3.05, 3.63) is 60.6 Å². The fraction of sp³-hybridized carbons (Fsp3) is 0.200. The number of carbonyl (C=O) groups is 1. The number of benzene rings is 1. The first kappa shape index (κ1) is 18.9. The second-order valence-corrected chi connectivity index (χ2v) is 6.67. The largest absolute Gasteiger partial charge is 0.433 e. The van der Waals surface area contributed by atoms with E-state index >= 15 is 0 Å². The molecule has 1 aromatic carbocycles. The lowest BCUT2D eigenvalue weighted by molar-refractivity contribution is -0.141. The van der Waals surface area contributed by atoms with E-state index in [9.17, 15) is 18.0 Å². The molecule has 1 aliphatic rings. The van der Waals surface area contributed by atoms with Gasteiger partial charge in [-0.15, -0.1) is 0 Å². The molecule has 1 saturated carbocycles. The maximum atomic E-state index is 13.3. The van der Waals surface area contributed by atoms with Crippen LogP contribution in [0, 0.1) is 5.92 Å². The predicted molar refractivity (Wildman–Crippen MR) is 101 cm³/mol. The smallest absolute Gasteiger partial charge is 0.340 e. The molecule has 4 rings (SSSR count). The number of aromatic nitrogens is 3. The minimum Gasteiger partial charge on any atom is -0.340 e. The Balaban J connectivity index is 1.63. The van der Waals surface area contributed by atoms with Crippen LogP contribution in [0.5, 0.6) is 0 Å². The Morgan fingerprint density at radius 2 is 1.72 bits per heavy atom. The lowest BCUT2D eigenvalue weighted by atomic mass is 10.2. The molecule has 29 heavy (non-hydrogen) atoms. The van der Waals surface area contributed by atoms with Gasteiger partial charge in [-0.2, -0.15) is 13.2 Å². The van der Waals surface area contributed by atoms with E-state index in [0.717, 1.165) is 18.9 Å². The average Bonchev–Trinajstić information content (AvgIpc) is 3.53. The number of pyridine rings is 1. The van der Waals surface area contributed by atoms with Crippen LogP contribution in [0.2, 0.25) is 0 Å². The maximum Gasteiger partial charge on any atom is 0.433 e. The predicted octanol–water partition coefficient (Wildman–Crippen LogP) is 4.65. The van der Waals surface area contributed by atoms with Crippen molar-refractivity contribution in [1.82, 2.24) is 15.0 Å². The van der Waals surface area contributed by atoms with Gasteiger partial charge in [0.1, 0.15) is 5.82 Å². The van der Waals surface area contributed by atoms with Crippen molar-refractivity contribution >= 4 is 23.1 Å². The van der Waals surface area contributed by atoms with Gasteiger partial charge in [0.15, 0.2) is 11.5 Å². The summed E-state index contributed by atoms with van der Waals surface area (Å²) in [5.74, 6) is -0.0815. The highest BCUT2D eigenvalue weighted by Crippen LogP contribution is 2.32. The Bertz CT molecular complexity index is 1040. The summed E-state index contributed by atoms with van der Waals surface area (Å²) in [4.78, 5) is 23.6. The Morgan fingerprint density at radius 3 is 2.41 bits per heavy atom. The summed E-state index contributed by atoms with van der Waals surface area (Å²) in [6, 6.07) is 10.6. The normalized spacial score (nSPS) is 13.8. The first-order chi connectivity index (χ1) is 13.9. The summed E-state index contributed by atoms with van der Waals surface area (Å²) in [5.41, 5.74) is 0.414. The van der Waals surface area contributed by atoms with Crippen LogP contribution in [0.1, 0.15) is 18.5 Å². The molecule has 0 aliphatic heterocycles.